The summed E-state index contributed by atoms with van der Waals surface area (Å²) in [5, 5.41) is 12.7. The molecule has 0 unspecified atom stereocenters. The van der Waals surface area contributed by atoms with Crippen LogP contribution in [0, 0.1) is 0 Å². The molecule has 0 amide bonds. The molecule has 204 valence electrons. The van der Waals surface area contributed by atoms with Crippen molar-refractivity contribution in [3.8, 4) is 33.4 Å². The van der Waals surface area contributed by atoms with Crippen LogP contribution in [0.1, 0.15) is 0 Å². The highest BCUT2D eigenvalue weighted by Gasteiger charge is 2.19. The molecule has 0 aliphatic carbocycles. The largest absolute Gasteiger partial charge is 0.0616 e. The van der Waals surface area contributed by atoms with E-state index in [1.807, 2.05) is 0 Å². The molecule has 9 aromatic carbocycles. The van der Waals surface area contributed by atoms with Gasteiger partial charge in [0, 0.05) is 0 Å². The molecule has 0 spiro atoms. The fourth-order valence-corrected chi connectivity index (χ4v) is 7.30. The molecule has 0 fully saturated rings. The van der Waals surface area contributed by atoms with Crippen molar-refractivity contribution < 1.29 is 0 Å². The van der Waals surface area contributed by atoms with Crippen molar-refractivity contribution in [2.75, 3.05) is 0 Å². The van der Waals surface area contributed by atoms with Crippen LogP contribution in [0.15, 0.2) is 170 Å². The molecule has 0 aliphatic rings. The highest BCUT2D eigenvalue weighted by atomic mass is 14.2. The van der Waals surface area contributed by atoms with Crippen molar-refractivity contribution in [3.63, 3.8) is 0 Å². The maximum Gasteiger partial charge on any atom is -0.00141 e. The SMILES string of the molecule is c1ccc2c(-c3cccc4c(-c5cccc6ccccc56)c5c(-c6cccc7ccccc67)cccc5cc34)cccc2c1. The van der Waals surface area contributed by atoms with Gasteiger partial charge in [0.2, 0.25) is 0 Å². The van der Waals surface area contributed by atoms with E-state index in [1.165, 1.54) is 87.2 Å². The number of rotatable bonds is 3. The van der Waals surface area contributed by atoms with E-state index in [2.05, 4.69) is 170 Å². The molecule has 0 aliphatic heterocycles. The lowest BCUT2D eigenvalue weighted by Gasteiger charge is -2.20. The first-order valence-corrected chi connectivity index (χ1v) is 15.3. The van der Waals surface area contributed by atoms with Crippen LogP contribution >= 0.6 is 0 Å². The third-order valence-corrected chi connectivity index (χ3v) is 9.24. The monoisotopic (exact) mass is 556 g/mol. The van der Waals surface area contributed by atoms with E-state index in [0.29, 0.717) is 0 Å². The van der Waals surface area contributed by atoms with Gasteiger partial charge < -0.3 is 0 Å². The Labute approximate surface area is 256 Å². The molecule has 0 heterocycles. The van der Waals surface area contributed by atoms with E-state index in [1.54, 1.807) is 0 Å². The van der Waals surface area contributed by atoms with Crippen molar-refractivity contribution in [2.45, 2.75) is 0 Å². The van der Waals surface area contributed by atoms with Gasteiger partial charge >= 0.3 is 0 Å². The van der Waals surface area contributed by atoms with E-state index < -0.39 is 0 Å². The topological polar surface area (TPSA) is 0 Å². The Hall–Kier alpha value is -5.72. The summed E-state index contributed by atoms with van der Waals surface area (Å²) >= 11 is 0. The van der Waals surface area contributed by atoms with Gasteiger partial charge in [-0.15, -0.1) is 0 Å². The smallest absolute Gasteiger partial charge is 0.00141 e. The second kappa shape index (κ2) is 9.93. The van der Waals surface area contributed by atoms with Crippen molar-refractivity contribution in [2.24, 2.45) is 0 Å². The summed E-state index contributed by atoms with van der Waals surface area (Å²) in [7, 11) is 0. The summed E-state index contributed by atoms with van der Waals surface area (Å²) in [5.74, 6) is 0. The molecule has 0 heteroatoms. The van der Waals surface area contributed by atoms with Crippen LogP contribution < -0.4 is 0 Å². The second-order valence-corrected chi connectivity index (χ2v) is 11.6. The van der Waals surface area contributed by atoms with E-state index >= 15 is 0 Å². The lowest BCUT2D eigenvalue weighted by molar-refractivity contribution is 1.67. The van der Waals surface area contributed by atoms with Gasteiger partial charge in [-0.1, -0.05) is 164 Å². The zero-order valence-electron chi connectivity index (χ0n) is 24.2. The van der Waals surface area contributed by atoms with Crippen LogP contribution in [0.25, 0.3) is 87.2 Å². The minimum absolute atomic E-state index is 1.25. The number of benzene rings is 9. The zero-order valence-corrected chi connectivity index (χ0v) is 24.2. The van der Waals surface area contributed by atoms with Crippen molar-refractivity contribution in [1.29, 1.82) is 0 Å². The van der Waals surface area contributed by atoms with Crippen molar-refractivity contribution >= 4 is 53.9 Å². The normalized spacial score (nSPS) is 11.6. The first kappa shape index (κ1) is 24.8. The van der Waals surface area contributed by atoms with Gasteiger partial charge in [0.25, 0.3) is 0 Å². The Morgan fingerprint density at radius 3 is 1.18 bits per heavy atom. The third kappa shape index (κ3) is 3.78. The fourth-order valence-electron chi connectivity index (χ4n) is 7.30. The van der Waals surface area contributed by atoms with Crippen LogP contribution in [0.2, 0.25) is 0 Å². The number of fused-ring (bicyclic) bond motifs is 5. The summed E-state index contributed by atoms with van der Waals surface area (Å²) < 4.78 is 0. The van der Waals surface area contributed by atoms with Crippen molar-refractivity contribution in [1.82, 2.24) is 0 Å². The first-order valence-electron chi connectivity index (χ1n) is 15.3. The average molecular weight is 557 g/mol. The van der Waals surface area contributed by atoms with Crippen LogP contribution in [0.5, 0.6) is 0 Å². The van der Waals surface area contributed by atoms with E-state index in [-0.39, 0.29) is 0 Å². The van der Waals surface area contributed by atoms with Gasteiger partial charge in [-0.3, -0.25) is 0 Å². The molecule has 9 rings (SSSR count). The summed E-state index contributed by atoms with van der Waals surface area (Å²) in [5.41, 5.74) is 7.61. The number of hydrogen-bond acceptors (Lipinski definition) is 0. The fraction of sp³-hybridized carbons (Fsp3) is 0. The van der Waals surface area contributed by atoms with Crippen LogP contribution in [-0.4, -0.2) is 0 Å². The van der Waals surface area contributed by atoms with Crippen LogP contribution in [-0.2, 0) is 0 Å². The Bertz CT molecular complexity index is 2540. The molecule has 0 saturated heterocycles. The first-order chi connectivity index (χ1) is 21.8. The lowest BCUT2D eigenvalue weighted by Crippen LogP contribution is -1.92. The van der Waals surface area contributed by atoms with Gasteiger partial charge in [0.05, 0.1) is 0 Å². The molecule has 44 heavy (non-hydrogen) atoms. The molecular formula is C44H28. The van der Waals surface area contributed by atoms with Gasteiger partial charge in [-0.2, -0.15) is 0 Å². The summed E-state index contributed by atoms with van der Waals surface area (Å²) in [6, 6.07) is 62.4. The highest BCUT2D eigenvalue weighted by molar-refractivity contribution is 6.24. The summed E-state index contributed by atoms with van der Waals surface area (Å²) in [4.78, 5) is 0. The minimum Gasteiger partial charge on any atom is -0.0616 e. The predicted molar refractivity (Wildman–Crippen MR) is 190 cm³/mol. The summed E-state index contributed by atoms with van der Waals surface area (Å²) in [6.45, 7) is 0. The average Bonchev–Trinajstić information content (AvgIpc) is 3.09. The molecule has 0 nitrogen and oxygen atoms in total. The molecule has 0 aromatic heterocycles. The maximum atomic E-state index is 2.42. The Balaban J connectivity index is 1.48. The van der Waals surface area contributed by atoms with E-state index in [0.717, 1.165) is 0 Å². The zero-order chi connectivity index (χ0) is 29.0. The van der Waals surface area contributed by atoms with Gasteiger partial charge in [-0.05, 0) is 93.3 Å². The molecular weight excluding hydrogens is 528 g/mol. The second-order valence-electron chi connectivity index (χ2n) is 11.6. The van der Waals surface area contributed by atoms with E-state index in [9.17, 15) is 0 Å². The molecule has 0 bridgehead atoms. The predicted octanol–water partition coefficient (Wildman–Crippen LogP) is 12.5. The van der Waals surface area contributed by atoms with Gasteiger partial charge in [0.15, 0.2) is 0 Å². The molecule has 9 aromatic rings. The Morgan fingerprint density at radius 1 is 0.227 bits per heavy atom. The Kier molecular flexibility index (Phi) is 5.61. The standard InChI is InChI=1S/C44H28/c1-4-19-33-29(12-1)15-7-22-36(33)38-24-11-27-41-42(38)28-32-18-10-26-40(37-23-8-16-30-13-2-5-20-34(30)37)43(32)44(41)39-25-9-17-31-14-3-6-21-35(31)39/h1-28H. The van der Waals surface area contributed by atoms with Crippen molar-refractivity contribution in [3.05, 3.63) is 170 Å². The minimum atomic E-state index is 1.25. The Morgan fingerprint density at radius 2 is 0.591 bits per heavy atom. The molecule has 0 saturated carbocycles. The van der Waals surface area contributed by atoms with Crippen LogP contribution in [0.4, 0.5) is 0 Å². The summed E-state index contributed by atoms with van der Waals surface area (Å²) in [6.07, 6.45) is 0. The molecule has 0 atom stereocenters. The van der Waals surface area contributed by atoms with E-state index in [4.69, 9.17) is 0 Å². The highest BCUT2D eigenvalue weighted by Crippen LogP contribution is 2.47. The maximum absolute atomic E-state index is 2.42. The lowest BCUT2D eigenvalue weighted by atomic mass is 9.83. The van der Waals surface area contributed by atoms with Gasteiger partial charge in [-0.25, -0.2) is 0 Å². The van der Waals surface area contributed by atoms with Gasteiger partial charge in [0.1, 0.15) is 0 Å². The molecule has 0 N–H and O–H groups in total. The molecule has 0 radical (unpaired) electrons. The number of hydrogen-bond donors (Lipinski definition) is 0. The third-order valence-electron chi connectivity index (χ3n) is 9.24. The quantitative estimate of drug-likeness (QED) is 0.190. The van der Waals surface area contributed by atoms with Crippen LogP contribution in [0.3, 0.4) is 0 Å².